The van der Waals surface area contributed by atoms with Crippen LogP contribution in [0.2, 0.25) is 0 Å². The predicted octanol–water partition coefficient (Wildman–Crippen LogP) is 3.07. The van der Waals surface area contributed by atoms with Crippen molar-refractivity contribution in [3.63, 3.8) is 0 Å². The highest BCUT2D eigenvalue weighted by Crippen LogP contribution is 2.19. The first-order chi connectivity index (χ1) is 8.33. The van der Waals surface area contributed by atoms with E-state index in [2.05, 4.69) is 5.32 Å². The number of para-hydroxylation sites is 1. The third-order valence-electron chi connectivity index (χ3n) is 2.52. The van der Waals surface area contributed by atoms with Crippen LogP contribution < -0.4 is 10.1 Å². The van der Waals surface area contributed by atoms with Crippen LogP contribution in [0.15, 0.2) is 24.3 Å². The van der Waals surface area contributed by atoms with E-state index in [4.69, 9.17) is 4.74 Å². The van der Waals surface area contributed by atoms with E-state index in [9.17, 15) is 4.79 Å². The summed E-state index contributed by atoms with van der Waals surface area (Å²) in [4.78, 5) is 12.1. The minimum atomic E-state index is -0.440. The molecule has 0 saturated carbocycles. The number of aryl methyl sites for hydroxylation is 1. The molecule has 1 atom stereocenters. The Kier molecular flexibility index (Phi) is 4.76. The Labute approximate surface area is 110 Å². The fourth-order valence-corrected chi connectivity index (χ4v) is 1.61. The largest absolute Gasteiger partial charge is 0.480 e. The molecule has 1 aromatic carbocycles. The molecule has 1 unspecified atom stereocenters. The third-order valence-corrected chi connectivity index (χ3v) is 2.52. The number of carbonyl (C=O) groups excluding carboxylic acids is 1. The molecule has 0 saturated heterocycles. The molecule has 0 aliphatic rings. The van der Waals surface area contributed by atoms with Crippen LogP contribution in [0.4, 0.5) is 0 Å². The molecule has 0 aliphatic heterocycles. The zero-order chi connectivity index (χ0) is 13.8. The maximum Gasteiger partial charge on any atom is 0.261 e. The molecule has 1 N–H and O–H groups in total. The average molecular weight is 249 g/mol. The van der Waals surface area contributed by atoms with E-state index in [-0.39, 0.29) is 11.4 Å². The topological polar surface area (TPSA) is 38.3 Å². The van der Waals surface area contributed by atoms with Crippen LogP contribution in [0.1, 0.15) is 39.7 Å². The summed E-state index contributed by atoms with van der Waals surface area (Å²) < 4.78 is 5.79. The molecule has 0 bridgehead atoms. The summed E-state index contributed by atoms with van der Waals surface area (Å²) in [6.45, 7) is 9.82. The van der Waals surface area contributed by atoms with Crippen molar-refractivity contribution in [1.82, 2.24) is 5.32 Å². The van der Waals surface area contributed by atoms with Crippen molar-refractivity contribution in [2.24, 2.45) is 0 Å². The summed E-state index contributed by atoms with van der Waals surface area (Å²) in [5.74, 6) is 0.710. The molecule has 18 heavy (non-hydrogen) atoms. The van der Waals surface area contributed by atoms with Crippen molar-refractivity contribution in [2.45, 2.75) is 52.7 Å². The standard InChI is InChI=1S/C15H23NO2/c1-6-12(14(17)16-15(3,4)5)18-13-10-8-7-9-11(13)2/h7-10,12H,6H2,1-5H3,(H,16,17). The number of amides is 1. The predicted molar refractivity (Wildman–Crippen MR) is 73.8 cm³/mol. The van der Waals surface area contributed by atoms with Gasteiger partial charge in [0.25, 0.3) is 5.91 Å². The zero-order valence-electron chi connectivity index (χ0n) is 11.9. The highest BCUT2D eigenvalue weighted by atomic mass is 16.5. The summed E-state index contributed by atoms with van der Waals surface area (Å²) >= 11 is 0. The number of hydrogen-bond donors (Lipinski definition) is 1. The first-order valence-corrected chi connectivity index (χ1v) is 6.38. The summed E-state index contributed by atoms with van der Waals surface area (Å²) in [5.41, 5.74) is 0.805. The lowest BCUT2D eigenvalue weighted by molar-refractivity contribution is -0.129. The second kappa shape index (κ2) is 5.89. The Morgan fingerprint density at radius 1 is 1.33 bits per heavy atom. The van der Waals surface area contributed by atoms with Gasteiger partial charge in [-0.3, -0.25) is 4.79 Å². The van der Waals surface area contributed by atoms with Gasteiger partial charge in [-0.25, -0.2) is 0 Å². The second-order valence-corrected chi connectivity index (χ2v) is 5.52. The van der Waals surface area contributed by atoms with E-state index in [1.54, 1.807) is 0 Å². The van der Waals surface area contributed by atoms with Crippen LogP contribution in [0.3, 0.4) is 0 Å². The molecule has 1 rings (SSSR count). The van der Waals surface area contributed by atoms with E-state index in [1.807, 2.05) is 58.9 Å². The fourth-order valence-electron chi connectivity index (χ4n) is 1.61. The summed E-state index contributed by atoms with van der Waals surface area (Å²) in [7, 11) is 0. The smallest absolute Gasteiger partial charge is 0.261 e. The van der Waals surface area contributed by atoms with Gasteiger partial charge in [-0.1, -0.05) is 25.1 Å². The highest BCUT2D eigenvalue weighted by Gasteiger charge is 2.23. The number of benzene rings is 1. The molecule has 0 radical (unpaired) electrons. The van der Waals surface area contributed by atoms with Crippen molar-refractivity contribution in [3.8, 4) is 5.75 Å². The maximum atomic E-state index is 12.1. The number of ether oxygens (including phenoxy) is 1. The van der Waals surface area contributed by atoms with Gasteiger partial charge in [0, 0.05) is 5.54 Å². The molecular formula is C15H23NO2. The first-order valence-electron chi connectivity index (χ1n) is 6.38. The molecule has 100 valence electrons. The zero-order valence-corrected chi connectivity index (χ0v) is 11.9. The molecular weight excluding hydrogens is 226 g/mol. The Morgan fingerprint density at radius 2 is 1.94 bits per heavy atom. The van der Waals surface area contributed by atoms with Gasteiger partial charge >= 0.3 is 0 Å². The third kappa shape index (κ3) is 4.40. The molecule has 0 spiro atoms. The van der Waals surface area contributed by atoms with E-state index in [0.717, 1.165) is 11.3 Å². The van der Waals surface area contributed by atoms with Crippen LogP contribution >= 0.6 is 0 Å². The van der Waals surface area contributed by atoms with Crippen LogP contribution in [-0.4, -0.2) is 17.6 Å². The van der Waals surface area contributed by atoms with Crippen molar-refractivity contribution in [2.75, 3.05) is 0 Å². The van der Waals surface area contributed by atoms with Gasteiger partial charge in [-0.2, -0.15) is 0 Å². The van der Waals surface area contributed by atoms with Gasteiger partial charge in [0.05, 0.1) is 0 Å². The molecule has 3 nitrogen and oxygen atoms in total. The summed E-state index contributed by atoms with van der Waals surface area (Å²) in [6, 6.07) is 7.74. The van der Waals surface area contributed by atoms with E-state index >= 15 is 0 Å². The van der Waals surface area contributed by atoms with Gasteiger partial charge in [0.1, 0.15) is 5.75 Å². The monoisotopic (exact) mass is 249 g/mol. The highest BCUT2D eigenvalue weighted by molar-refractivity contribution is 5.81. The van der Waals surface area contributed by atoms with Crippen molar-refractivity contribution >= 4 is 5.91 Å². The molecule has 1 amide bonds. The number of nitrogens with one attached hydrogen (secondary N) is 1. The van der Waals surface area contributed by atoms with Crippen molar-refractivity contribution in [1.29, 1.82) is 0 Å². The Bertz CT molecular complexity index is 407. The lowest BCUT2D eigenvalue weighted by Crippen LogP contribution is -2.47. The SMILES string of the molecule is CCC(Oc1ccccc1C)C(=O)NC(C)(C)C. The number of carbonyl (C=O) groups is 1. The normalized spacial score (nSPS) is 12.9. The van der Waals surface area contributed by atoms with Crippen molar-refractivity contribution in [3.05, 3.63) is 29.8 Å². The van der Waals surface area contributed by atoms with Gasteiger partial charge in [-0.05, 0) is 45.7 Å². The van der Waals surface area contributed by atoms with Gasteiger partial charge < -0.3 is 10.1 Å². The van der Waals surface area contributed by atoms with Gasteiger partial charge in [0.2, 0.25) is 0 Å². The first kappa shape index (κ1) is 14.6. The lowest BCUT2D eigenvalue weighted by Gasteiger charge is -2.25. The molecule has 0 fully saturated rings. The molecule has 1 aromatic rings. The summed E-state index contributed by atoms with van der Waals surface area (Å²) in [6.07, 6.45) is 0.210. The molecule has 0 aliphatic carbocycles. The Morgan fingerprint density at radius 3 is 2.44 bits per heavy atom. The quantitative estimate of drug-likeness (QED) is 0.890. The van der Waals surface area contributed by atoms with Crippen LogP contribution in [0.5, 0.6) is 5.75 Å². The Balaban J connectivity index is 2.74. The fraction of sp³-hybridized carbons (Fsp3) is 0.533. The van der Waals surface area contributed by atoms with E-state index < -0.39 is 6.10 Å². The Hall–Kier alpha value is -1.51. The second-order valence-electron chi connectivity index (χ2n) is 5.52. The number of rotatable bonds is 4. The molecule has 3 heteroatoms. The van der Waals surface area contributed by atoms with Crippen LogP contribution in [-0.2, 0) is 4.79 Å². The maximum absolute atomic E-state index is 12.1. The lowest BCUT2D eigenvalue weighted by atomic mass is 10.1. The van der Waals surface area contributed by atoms with Gasteiger partial charge in [-0.15, -0.1) is 0 Å². The van der Waals surface area contributed by atoms with Gasteiger partial charge in [0.15, 0.2) is 6.10 Å². The van der Waals surface area contributed by atoms with Crippen LogP contribution in [0, 0.1) is 6.92 Å². The minimum absolute atomic E-state index is 0.0618. The van der Waals surface area contributed by atoms with Crippen molar-refractivity contribution < 1.29 is 9.53 Å². The van der Waals surface area contributed by atoms with E-state index in [1.165, 1.54) is 0 Å². The molecule has 0 heterocycles. The summed E-state index contributed by atoms with van der Waals surface area (Å²) in [5, 5.41) is 2.95. The van der Waals surface area contributed by atoms with Crippen LogP contribution in [0.25, 0.3) is 0 Å². The molecule has 0 aromatic heterocycles. The average Bonchev–Trinajstić information content (AvgIpc) is 2.25. The van der Waals surface area contributed by atoms with E-state index in [0.29, 0.717) is 6.42 Å². The number of hydrogen-bond acceptors (Lipinski definition) is 2. The minimum Gasteiger partial charge on any atom is -0.480 e.